The van der Waals surface area contributed by atoms with Crippen LogP contribution in [-0.2, 0) is 0 Å². The molecule has 2 heteroatoms. The fourth-order valence-corrected chi connectivity index (χ4v) is 1.82. The lowest BCUT2D eigenvalue weighted by atomic mass is 10.1. The van der Waals surface area contributed by atoms with Crippen molar-refractivity contribution >= 4 is 0 Å². The molecule has 0 bridgehead atoms. The van der Waals surface area contributed by atoms with Gasteiger partial charge in [-0.15, -0.1) is 0 Å². The third-order valence-corrected chi connectivity index (χ3v) is 2.84. The number of nitrogens with one attached hydrogen (secondary N) is 2. The monoisotopic (exact) mass is 244 g/mol. The fourth-order valence-electron chi connectivity index (χ4n) is 1.82. The summed E-state index contributed by atoms with van der Waals surface area (Å²) in [4.78, 5) is 0. The summed E-state index contributed by atoms with van der Waals surface area (Å²) in [6, 6.07) is 11.1. The highest BCUT2D eigenvalue weighted by Gasteiger charge is 2.05. The summed E-state index contributed by atoms with van der Waals surface area (Å²) >= 11 is 0. The van der Waals surface area contributed by atoms with Crippen LogP contribution in [0.1, 0.15) is 32.4 Å². The summed E-state index contributed by atoms with van der Waals surface area (Å²) < 4.78 is 0. The summed E-state index contributed by atoms with van der Waals surface area (Å²) in [7, 11) is 0. The van der Waals surface area contributed by atoms with E-state index in [-0.39, 0.29) is 6.04 Å². The SMILES string of the molecule is C=C(CNC(C)/C=C\C)NC(C)c1ccccc1. The van der Waals surface area contributed by atoms with Gasteiger partial charge in [0, 0.05) is 24.3 Å². The smallest absolute Gasteiger partial charge is 0.0482 e. The summed E-state index contributed by atoms with van der Waals surface area (Å²) in [5.41, 5.74) is 2.29. The van der Waals surface area contributed by atoms with E-state index in [1.807, 2.05) is 13.0 Å². The first-order chi connectivity index (χ1) is 8.63. The molecule has 2 N–H and O–H groups in total. The molecule has 0 radical (unpaired) electrons. The second kappa shape index (κ2) is 7.72. The lowest BCUT2D eigenvalue weighted by Gasteiger charge is -2.19. The molecular weight excluding hydrogens is 220 g/mol. The number of hydrogen-bond donors (Lipinski definition) is 2. The van der Waals surface area contributed by atoms with Crippen molar-refractivity contribution in [1.82, 2.24) is 10.6 Å². The lowest BCUT2D eigenvalue weighted by molar-refractivity contribution is 0.594. The molecule has 0 heterocycles. The van der Waals surface area contributed by atoms with E-state index in [0.29, 0.717) is 6.04 Å². The van der Waals surface area contributed by atoms with Crippen LogP contribution in [-0.4, -0.2) is 12.6 Å². The average molecular weight is 244 g/mol. The maximum absolute atomic E-state index is 4.05. The van der Waals surface area contributed by atoms with Crippen molar-refractivity contribution in [3.8, 4) is 0 Å². The highest BCUT2D eigenvalue weighted by molar-refractivity contribution is 5.19. The van der Waals surface area contributed by atoms with Crippen LogP contribution in [0, 0.1) is 0 Å². The van der Waals surface area contributed by atoms with Gasteiger partial charge >= 0.3 is 0 Å². The quantitative estimate of drug-likeness (QED) is 0.718. The van der Waals surface area contributed by atoms with Crippen molar-refractivity contribution in [2.24, 2.45) is 0 Å². The van der Waals surface area contributed by atoms with Crippen LogP contribution >= 0.6 is 0 Å². The molecule has 0 saturated heterocycles. The van der Waals surface area contributed by atoms with Crippen LogP contribution < -0.4 is 10.6 Å². The van der Waals surface area contributed by atoms with Gasteiger partial charge in [-0.3, -0.25) is 0 Å². The molecule has 2 nitrogen and oxygen atoms in total. The summed E-state index contributed by atoms with van der Waals surface area (Å²) in [5, 5.41) is 6.80. The van der Waals surface area contributed by atoms with Gasteiger partial charge in [-0.25, -0.2) is 0 Å². The highest BCUT2D eigenvalue weighted by Crippen LogP contribution is 2.12. The number of allylic oxidation sites excluding steroid dienone is 1. The Morgan fingerprint density at radius 2 is 1.94 bits per heavy atom. The second-order valence-electron chi connectivity index (χ2n) is 4.58. The Hall–Kier alpha value is -1.54. The molecule has 2 atom stereocenters. The van der Waals surface area contributed by atoms with Crippen LogP contribution in [0.2, 0.25) is 0 Å². The normalized spacial score (nSPS) is 14.4. The minimum atomic E-state index is 0.289. The van der Waals surface area contributed by atoms with Crippen LogP contribution in [0.15, 0.2) is 54.8 Å². The van der Waals surface area contributed by atoms with Crippen molar-refractivity contribution in [3.05, 3.63) is 60.3 Å². The molecule has 0 aliphatic heterocycles. The average Bonchev–Trinajstić information content (AvgIpc) is 2.38. The maximum Gasteiger partial charge on any atom is 0.0482 e. The molecule has 1 aromatic rings. The van der Waals surface area contributed by atoms with E-state index >= 15 is 0 Å². The van der Waals surface area contributed by atoms with Crippen LogP contribution in [0.25, 0.3) is 0 Å². The largest absolute Gasteiger partial charge is 0.381 e. The number of rotatable bonds is 7. The fraction of sp³-hybridized carbons (Fsp3) is 0.375. The van der Waals surface area contributed by atoms with Gasteiger partial charge in [0.15, 0.2) is 0 Å². The zero-order valence-electron chi connectivity index (χ0n) is 11.6. The lowest BCUT2D eigenvalue weighted by Crippen LogP contribution is -2.31. The Kier molecular flexibility index (Phi) is 6.23. The van der Waals surface area contributed by atoms with Gasteiger partial charge in [-0.2, -0.15) is 0 Å². The van der Waals surface area contributed by atoms with Crippen LogP contribution in [0.5, 0.6) is 0 Å². The molecule has 0 spiro atoms. The van der Waals surface area contributed by atoms with Gasteiger partial charge in [0.2, 0.25) is 0 Å². The molecular formula is C16H24N2. The van der Waals surface area contributed by atoms with Gasteiger partial charge in [0.25, 0.3) is 0 Å². The van der Waals surface area contributed by atoms with E-state index in [0.717, 1.165) is 12.2 Å². The molecule has 0 aliphatic carbocycles. The molecule has 1 aromatic carbocycles. The van der Waals surface area contributed by atoms with Gasteiger partial charge in [-0.1, -0.05) is 49.1 Å². The first kappa shape index (κ1) is 14.5. The van der Waals surface area contributed by atoms with Crippen molar-refractivity contribution < 1.29 is 0 Å². The summed E-state index contributed by atoms with van der Waals surface area (Å²) in [6.07, 6.45) is 4.19. The van der Waals surface area contributed by atoms with Gasteiger partial charge in [0.05, 0.1) is 0 Å². The van der Waals surface area contributed by atoms with Crippen LogP contribution in [0.3, 0.4) is 0 Å². The molecule has 0 amide bonds. The van der Waals surface area contributed by atoms with E-state index in [1.165, 1.54) is 5.56 Å². The summed E-state index contributed by atoms with van der Waals surface area (Å²) in [5.74, 6) is 0. The van der Waals surface area contributed by atoms with Gasteiger partial charge in [-0.05, 0) is 26.3 Å². The standard InChI is InChI=1S/C16H24N2/c1-5-9-13(2)17-12-14(3)18-15(4)16-10-7-6-8-11-16/h5-11,13,15,17-18H,3,12H2,1-2,4H3/b9-5-. The van der Waals surface area contributed by atoms with E-state index in [9.17, 15) is 0 Å². The predicted octanol–water partition coefficient (Wildman–Crippen LogP) is 3.41. The van der Waals surface area contributed by atoms with Crippen molar-refractivity contribution in [1.29, 1.82) is 0 Å². The Morgan fingerprint density at radius 1 is 1.28 bits per heavy atom. The zero-order chi connectivity index (χ0) is 13.4. The molecule has 0 aromatic heterocycles. The predicted molar refractivity (Wildman–Crippen MR) is 79.4 cm³/mol. The Balaban J connectivity index is 2.36. The molecule has 2 unspecified atom stereocenters. The molecule has 0 aliphatic rings. The molecule has 98 valence electrons. The first-order valence-corrected chi connectivity index (χ1v) is 6.49. The molecule has 0 saturated carbocycles. The van der Waals surface area contributed by atoms with E-state index < -0.39 is 0 Å². The van der Waals surface area contributed by atoms with Crippen molar-refractivity contribution in [2.75, 3.05) is 6.54 Å². The van der Waals surface area contributed by atoms with E-state index in [2.05, 4.69) is 67.5 Å². The summed E-state index contributed by atoms with van der Waals surface area (Å²) in [6.45, 7) is 11.1. The van der Waals surface area contributed by atoms with Gasteiger partial charge in [0.1, 0.15) is 0 Å². The molecule has 0 fully saturated rings. The highest BCUT2D eigenvalue weighted by atomic mass is 15.0. The van der Waals surface area contributed by atoms with E-state index in [1.54, 1.807) is 0 Å². The first-order valence-electron chi connectivity index (χ1n) is 6.49. The minimum Gasteiger partial charge on any atom is -0.381 e. The zero-order valence-corrected chi connectivity index (χ0v) is 11.6. The Labute approximate surface area is 111 Å². The topological polar surface area (TPSA) is 24.1 Å². The minimum absolute atomic E-state index is 0.289. The number of benzene rings is 1. The second-order valence-corrected chi connectivity index (χ2v) is 4.58. The number of hydrogen-bond acceptors (Lipinski definition) is 2. The maximum atomic E-state index is 4.05. The van der Waals surface area contributed by atoms with Crippen LogP contribution in [0.4, 0.5) is 0 Å². The Bertz CT molecular complexity index is 381. The molecule has 1 rings (SSSR count). The van der Waals surface area contributed by atoms with Gasteiger partial charge < -0.3 is 10.6 Å². The molecule has 18 heavy (non-hydrogen) atoms. The third kappa shape index (κ3) is 5.19. The van der Waals surface area contributed by atoms with Crippen molar-refractivity contribution in [3.63, 3.8) is 0 Å². The third-order valence-electron chi connectivity index (χ3n) is 2.84. The van der Waals surface area contributed by atoms with E-state index in [4.69, 9.17) is 0 Å². The van der Waals surface area contributed by atoms with Crippen molar-refractivity contribution in [2.45, 2.75) is 32.9 Å². The Morgan fingerprint density at radius 3 is 2.56 bits per heavy atom.